The summed E-state index contributed by atoms with van der Waals surface area (Å²) >= 11 is 4.51. The quantitative estimate of drug-likeness (QED) is 0.588. The SMILES string of the molecule is O=S(=O)(NCCNC1CCCCCC1)c1ccc(Br)s1. The van der Waals surface area contributed by atoms with Crippen LogP contribution in [0.2, 0.25) is 0 Å². The van der Waals surface area contributed by atoms with Gasteiger partial charge in [0.15, 0.2) is 0 Å². The summed E-state index contributed by atoms with van der Waals surface area (Å²) in [5.41, 5.74) is 0. The monoisotopic (exact) mass is 380 g/mol. The summed E-state index contributed by atoms with van der Waals surface area (Å²) in [4.78, 5) is 0. The highest BCUT2D eigenvalue weighted by Crippen LogP contribution is 2.25. The van der Waals surface area contributed by atoms with Crippen molar-refractivity contribution in [2.75, 3.05) is 13.1 Å². The van der Waals surface area contributed by atoms with E-state index in [0.717, 1.165) is 3.79 Å². The summed E-state index contributed by atoms with van der Waals surface area (Å²) < 4.78 is 27.8. The number of thiophene rings is 1. The van der Waals surface area contributed by atoms with Gasteiger partial charge in [-0.3, -0.25) is 0 Å². The van der Waals surface area contributed by atoms with E-state index >= 15 is 0 Å². The molecule has 20 heavy (non-hydrogen) atoms. The Morgan fingerprint density at radius 1 is 1.15 bits per heavy atom. The molecule has 1 aliphatic carbocycles. The van der Waals surface area contributed by atoms with Gasteiger partial charge in [0.05, 0.1) is 3.79 Å². The van der Waals surface area contributed by atoms with E-state index < -0.39 is 10.0 Å². The van der Waals surface area contributed by atoms with Gasteiger partial charge in [0.25, 0.3) is 0 Å². The zero-order chi connectivity index (χ0) is 14.4. The van der Waals surface area contributed by atoms with Crippen LogP contribution in [0.15, 0.2) is 20.1 Å². The molecule has 0 aromatic carbocycles. The standard InChI is InChI=1S/C13H21BrN2O2S2/c14-12-7-8-13(19-12)20(17,18)16-10-9-15-11-5-3-1-2-4-6-11/h7-8,11,15-16H,1-6,9-10H2. The molecular weight excluding hydrogens is 360 g/mol. The maximum atomic E-state index is 12.0. The van der Waals surface area contributed by atoms with Crippen LogP contribution < -0.4 is 10.0 Å². The Morgan fingerprint density at radius 3 is 2.45 bits per heavy atom. The Kier molecular flexibility index (Phi) is 6.48. The zero-order valence-electron chi connectivity index (χ0n) is 11.4. The average Bonchev–Trinajstić information content (AvgIpc) is 2.70. The van der Waals surface area contributed by atoms with Crippen molar-refractivity contribution >= 4 is 37.3 Å². The molecule has 1 aromatic heterocycles. The second-order valence-electron chi connectivity index (χ2n) is 5.10. The van der Waals surface area contributed by atoms with Crippen molar-refractivity contribution in [2.24, 2.45) is 0 Å². The normalized spacial score (nSPS) is 18.1. The molecule has 2 N–H and O–H groups in total. The average molecular weight is 381 g/mol. The highest BCUT2D eigenvalue weighted by molar-refractivity contribution is 9.11. The van der Waals surface area contributed by atoms with Gasteiger partial charge >= 0.3 is 0 Å². The predicted molar refractivity (Wildman–Crippen MR) is 86.7 cm³/mol. The van der Waals surface area contributed by atoms with Crippen LogP contribution in [-0.4, -0.2) is 27.5 Å². The van der Waals surface area contributed by atoms with Crippen LogP contribution in [0, 0.1) is 0 Å². The molecule has 2 rings (SSSR count). The van der Waals surface area contributed by atoms with Crippen molar-refractivity contribution in [3.63, 3.8) is 0 Å². The van der Waals surface area contributed by atoms with Crippen LogP contribution in [0.25, 0.3) is 0 Å². The zero-order valence-corrected chi connectivity index (χ0v) is 14.6. The number of sulfonamides is 1. The lowest BCUT2D eigenvalue weighted by atomic mass is 10.1. The van der Waals surface area contributed by atoms with E-state index in [1.165, 1.54) is 49.9 Å². The predicted octanol–water partition coefficient (Wildman–Crippen LogP) is 3.10. The third-order valence-corrected chi connectivity index (χ3v) is 7.10. The summed E-state index contributed by atoms with van der Waals surface area (Å²) in [6.45, 7) is 1.13. The molecule has 1 aliphatic rings. The lowest BCUT2D eigenvalue weighted by molar-refractivity contribution is 0.461. The van der Waals surface area contributed by atoms with Crippen molar-refractivity contribution in [3.05, 3.63) is 15.9 Å². The van der Waals surface area contributed by atoms with Crippen molar-refractivity contribution in [1.29, 1.82) is 0 Å². The highest BCUT2D eigenvalue weighted by atomic mass is 79.9. The first-order valence-electron chi connectivity index (χ1n) is 7.06. The van der Waals surface area contributed by atoms with Gasteiger partial charge in [-0.15, -0.1) is 11.3 Å². The Labute approximate surface area is 133 Å². The van der Waals surface area contributed by atoms with Gasteiger partial charge in [-0.2, -0.15) is 0 Å². The third kappa shape index (κ3) is 5.11. The first-order chi connectivity index (χ1) is 9.58. The number of nitrogens with one attached hydrogen (secondary N) is 2. The largest absolute Gasteiger partial charge is 0.313 e. The number of halogens is 1. The summed E-state index contributed by atoms with van der Waals surface area (Å²) in [7, 11) is -3.35. The minimum absolute atomic E-state index is 0.360. The van der Waals surface area contributed by atoms with Crippen LogP contribution in [-0.2, 0) is 10.0 Å². The molecule has 0 atom stereocenters. The van der Waals surface area contributed by atoms with E-state index in [2.05, 4.69) is 26.0 Å². The summed E-state index contributed by atoms with van der Waals surface area (Å²) in [5.74, 6) is 0. The lowest BCUT2D eigenvalue weighted by Crippen LogP contribution is -2.36. The van der Waals surface area contributed by atoms with Crippen molar-refractivity contribution < 1.29 is 8.42 Å². The maximum Gasteiger partial charge on any atom is 0.250 e. The fourth-order valence-electron chi connectivity index (χ4n) is 2.46. The van der Waals surface area contributed by atoms with Gasteiger partial charge < -0.3 is 5.32 Å². The van der Waals surface area contributed by atoms with Gasteiger partial charge in [0.2, 0.25) is 10.0 Å². The Hall–Kier alpha value is 0.0500. The Balaban J connectivity index is 1.72. The molecule has 1 saturated carbocycles. The van der Waals surface area contributed by atoms with E-state index in [9.17, 15) is 8.42 Å². The van der Waals surface area contributed by atoms with E-state index in [1.54, 1.807) is 12.1 Å². The molecule has 0 spiro atoms. The molecule has 0 saturated heterocycles. The molecule has 1 heterocycles. The molecule has 0 unspecified atom stereocenters. The van der Waals surface area contributed by atoms with Gasteiger partial charge in [-0.05, 0) is 40.9 Å². The highest BCUT2D eigenvalue weighted by Gasteiger charge is 2.16. The minimum atomic E-state index is -3.35. The topological polar surface area (TPSA) is 58.2 Å². The summed E-state index contributed by atoms with van der Waals surface area (Å²) in [5, 5.41) is 3.46. The smallest absolute Gasteiger partial charge is 0.250 e. The second kappa shape index (κ2) is 7.89. The number of hydrogen-bond donors (Lipinski definition) is 2. The summed E-state index contributed by atoms with van der Waals surface area (Å²) in [6.07, 6.45) is 7.66. The van der Waals surface area contributed by atoms with Crippen LogP contribution >= 0.6 is 27.3 Å². The van der Waals surface area contributed by atoms with Crippen LogP contribution in [0.1, 0.15) is 38.5 Å². The van der Waals surface area contributed by atoms with E-state index in [-0.39, 0.29) is 0 Å². The minimum Gasteiger partial charge on any atom is -0.313 e. The fraction of sp³-hybridized carbons (Fsp3) is 0.692. The first kappa shape index (κ1) is 16.4. The van der Waals surface area contributed by atoms with Gasteiger partial charge in [-0.1, -0.05) is 25.7 Å². The van der Waals surface area contributed by atoms with Crippen molar-refractivity contribution in [2.45, 2.75) is 48.8 Å². The van der Waals surface area contributed by atoms with E-state index in [1.807, 2.05) is 0 Å². The molecule has 1 aromatic rings. The Bertz CT molecular complexity index is 508. The molecule has 0 radical (unpaired) electrons. The van der Waals surface area contributed by atoms with Crippen LogP contribution in [0.4, 0.5) is 0 Å². The molecular formula is C13H21BrN2O2S2. The fourth-order valence-corrected chi connectivity index (χ4v) is 5.54. The molecule has 1 fully saturated rings. The first-order valence-corrected chi connectivity index (χ1v) is 10.2. The van der Waals surface area contributed by atoms with Gasteiger partial charge in [-0.25, -0.2) is 13.1 Å². The van der Waals surface area contributed by atoms with E-state index in [0.29, 0.717) is 23.3 Å². The van der Waals surface area contributed by atoms with Crippen LogP contribution in [0.3, 0.4) is 0 Å². The van der Waals surface area contributed by atoms with Gasteiger partial charge in [0.1, 0.15) is 4.21 Å². The van der Waals surface area contributed by atoms with E-state index in [4.69, 9.17) is 0 Å². The molecule has 0 aliphatic heterocycles. The maximum absolute atomic E-state index is 12.0. The van der Waals surface area contributed by atoms with Gasteiger partial charge in [0, 0.05) is 19.1 Å². The van der Waals surface area contributed by atoms with Crippen molar-refractivity contribution in [1.82, 2.24) is 10.0 Å². The molecule has 0 bridgehead atoms. The molecule has 114 valence electrons. The third-order valence-electron chi connectivity index (χ3n) is 3.52. The second-order valence-corrected chi connectivity index (χ2v) is 9.56. The number of hydrogen-bond acceptors (Lipinski definition) is 4. The Morgan fingerprint density at radius 2 is 1.85 bits per heavy atom. The molecule has 4 nitrogen and oxygen atoms in total. The molecule has 0 amide bonds. The van der Waals surface area contributed by atoms with Crippen molar-refractivity contribution in [3.8, 4) is 0 Å². The lowest BCUT2D eigenvalue weighted by Gasteiger charge is -2.16. The molecule has 7 heteroatoms. The summed E-state index contributed by atoms with van der Waals surface area (Å²) in [6, 6.07) is 3.93. The van der Waals surface area contributed by atoms with Crippen LogP contribution in [0.5, 0.6) is 0 Å². The number of rotatable bonds is 6.